The van der Waals surface area contributed by atoms with Crippen LogP contribution in [-0.2, 0) is 4.79 Å². The maximum absolute atomic E-state index is 10.8. The van der Waals surface area contributed by atoms with Gasteiger partial charge in [-0.15, -0.1) is 0 Å². The van der Waals surface area contributed by atoms with Gasteiger partial charge in [0.15, 0.2) is 0 Å². The van der Waals surface area contributed by atoms with Gasteiger partial charge in [0.05, 0.1) is 5.39 Å². The van der Waals surface area contributed by atoms with Crippen LogP contribution in [0.15, 0.2) is 25.2 Å². The summed E-state index contributed by atoms with van der Waals surface area (Å²) in [6, 6.07) is 0. The summed E-state index contributed by atoms with van der Waals surface area (Å²) in [7, 11) is 0. The summed E-state index contributed by atoms with van der Waals surface area (Å²) in [5.74, 6) is 0.612. The van der Waals surface area contributed by atoms with Gasteiger partial charge in [-0.25, -0.2) is 9.97 Å². The number of aryl methyl sites for hydroxylation is 1. The highest BCUT2D eigenvalue weighted by molar-refractivity contribution is 5.88. The maximum atomic E-state index is 10.8. The number of aromatic amines is 1. The van der Waals surface area contributed by atoms with E-state index in [1.807, 2.05) is 45.7 Å². The first kappa shape index (κ1) is 21.6. The van der Waals surface area contributed by atoms with Gasteiger partial charge in [0.25, 0.3) is 0 Å². The average Bonchev–Trinajstić information content (AvgIpc) is 3.29. The van der Waals surface area contributed by atoms with Crippen LogP contribution in [0.3, 0.4) is 0 Å². The minimum absolute atomic E-state index is 0.0764. The number of hydrogen-bond acceptors (Lipinski definition) is 4. The summed E-state index contributed by atoms with van der Waals surface area (Å²) in [4.78, 5) is 23.5. The van der Waals surface area contributed by atoms with Crippen LogP contribution in [0.1, 0.15) is 46.1 Å². The number of nitrogen functional groups attached to an aromatic ring is 1. The Kier molecular flexibility index (Phi) is 10.9. The number of amides is 1. The molecule has 0 aromatic carbocycles. The number of aromatic nitrogens is 3. The largest absolute Gasteiger partial charge is 0.383 e. The molecule has 3 heterocycles. The van der Waals surface area contributed by atoms with Crippen molar-refractivity contribution in [1.29, 1.82) is 0 Å². The third-order valence-corrected chi connectivity index (χ3v) is 3.29. The number of nitrogens with one attached hydrogen (secondary N) is 1. The number of hydrogen-bond donors (Lipinski definition) is 2. The molecule has 2 aromatic heterocycles. The molecule has 1 saturated heterocycles. The highest BCUT2D eigenvalue weighted by Crippen LogP contribution is 2.18. The monoisotopic (exact) mass is 333 g/mol. The van der Waals surface area contributed by atoms with E-state index >= 15 is 0 Å². The smallest absolute Gasteiger partial charge is 0.245 e. The first-order valence-corrected chi connectivity index (χ1v) is 8.59. The minimum atomic E-state index is 0.0764. The van der Waals surface area contributed by atoms with Crippen molar-refractivity contribution in [1.82, 2.24) is 19.9 Å². The van der Waals surface area contributed by atoms with Gasteiger partial charge >= 0.3 is 0 Å². The molecule has 2 aromatic rings. The van der Waals surface area contributed by atoms with Gasteiger partial charge in [-0.2, -0.15) is 0 Å². The van der Waals surface area contributed by atoms with Gasteiger partial charge < -0.3 is 15.6 Å². The number of rotatable bonds is 1. The lowest BCUT2D eigenvalue weighted by molar-refractivity contribution is -0.124. The van der Waals surface area contributed by atoms with Crippen molar-refractivity contribution in [3.05, 3.63) is 30.7 Å². The topological polar surface area (TPSA) is 87.9 Å². The van der Waals surface area contributed by atoms with Gasteiger partial charge in [-0.1, -0.05) is 34.3 Å². The fourth-order valence-electron chi connectivity index (χ4n) is 2.21. The second kappa shape index (κ2) is 12.1. The molecule has 1 amide bonds. The first-order chi connectivity index (χ1) is 11.6. The second-order valence-corrected chi connectivity index (χ2v) is 4.69. The number of fused-ring (bicyclic) bond motifs is 1. The van der Waals surface area contributed by atoms with Gasteiger partial charge in [-0.3, -0.25) is 4.79 Å². The molecule has 6 heteroatoms. The second-order valence-electron chi connectivity index (χ2n) is 4.69. The zero-order valence-corrected chi connectivity index (χ0v) is 15.6. The van der Waals surface area contributed by atoms with Crippen LogP contribution >= 0.6 is 0 Å². The molecule has 1 fully saturated rings. The van der Waals surface area contributed by atoms with E-state index in [4.69, 9.17) is 5.73 Å². The Bertz CT molecular complexity index is 615. The van der Waals surface area contributed by atoms with Crippen molar-refractivity contribution in [2.24, 2.45) is 0 Å². The lowest BCUT2D eigenvalue weighted by Crippen LogP contribution is -2.25. The fourth-order valence-corrected chi connectivity index (χ4v) is 2.21. The maximum Gasteiger partial charge on any atom is 0.245 e. The van der Waals surface area contributed by atoms with E-state index < -0.39 is 0 Å². The van der Waals surface area contributed by atoms with E-state index in [0.29, 0.717) is 5.82 Å². The number of likely N-dealkylation sites (tertiary alicyclic amines) is 1. The molecule has 0 saturated carbocycles. The minimum Gasteiger partial charge on any atom is -0.383 e. The number of H-pyrrole nitrogens is 1. The lowest BCUT2D eigenvalue weighted by atomic mass is 10.2. The first-order valence-electron chi connectivity index (χ1n) is 8.59. The Balaban J connectivity index is 0.000000371. The highest BCUT2D eigenvalue weighted by atomic mass is 16.2. The quantitative estimate of drug-likeness (QED) is 0.779. The van der Waals surface area contributed by atoms with Crippen molar-refractivity contribution in [3.63, 3.8) is 0 Å². The molecule has 0 radical (unpaired) electrons. The molecule has 0 aliphatic carbocycles. The van der Waals surface area contributed by atoms with Crippen LogP contribution in [0.4, 0.5) is 5.82 Å². The van der Waals surface area contributed by atoms with Gasteiger partial charge in [0.1, 0.15) is 17.8 Å². The summed E-state index contributed by atoms with van der Waals surface area (Å²) in [6.45, 7) is 15.2. The number of carbonyl (C=O) groups excluding carboxylic acids is 1. The Morgan fingerprint density at radius 3 is 2.33 bits per heavy atom. The molecule has 1 aliphatic rings. The molecule has 6 nitrogen and oxygen atoms in total. The highest BCUT2D eigenvalue weighted by Gasteiger charge is 2.13. The van der Waals surface area contributed by atoms with E-state index in [1.54, 1.807) is 0 Å². The SMILES string of the molecule is C=CC(=O)N1CCCC1.CC.CC.Cc1c[nH]c2ncnc(N)c12. The van der Waals surface area contributed by atoms with Crippen LogP contribution in [0.25, 0.3) is 11.0 Å². The van der Waals surface area contributed by atoms with Crippen LogP contribution in [0.2, 0.25) is 0 Å². The number of carbonyl (C=O) groups is 1. The van der Waals surface area contributed by atoms with Crippen molar-refractivity contribution in [2.75, 3.05) is 18.8 Å². The Hall–Kier alpha value is -2.37. The van der Waals surface area contributed by atoms with Crippen molar-refractivity contribution < 1.29 is 4.79 Å². The molecular formula is C18H31N5O. The third kappa shape index (κ3) is 6.02. The zero-order chi connectivity index (χ0) is 18.5. The summed E-state index contributed by atoms with van der Waals surface area (Å²) in [5.41, 5.74) is 7.51. The van der Waals surface area contributed by atoms with E-state index in [9.17, 15) is 4.79 Å². The van der Waals surface area contributed by atoms with Crippen LogP contribution < -0.4 is 5.73 Å². The molecule has 1 aliphatic heterocycles. The van der Waals surface area contributed by atoms with E-state index in [-0.39, 0.29) is 5.91 Å². The molecule has 3 N–H and O–H groups in total. The van der Waals surface area contributed by atoms with Gasteiger partial charge in [0.2, 0.25) is 5.91 Å². The molecule has 134 valence electrons. The molecule has 0 bridgehead atoms. The normalized spacial score (nSPS) is 12.1. The summed E-state index contributed by atoms with van der Waals surface area (Å²) in [6.07, 6.45) is 7.01. The van der Waals surface area contributed by atoms with Crippen LogP contribution in [-0.4, -0.2) is 38.8 Å². The number of nitrogens with zero attached hydrogens (tertiary/aromatic N) is 3. The van der Waals surface area contributed by atoms with Crippen molar-refractivity contribution in [2.45, 2.75) is 47.5 Å². The summed E-state index contributed by atoms with van der Waals surface area (Å²) in [5, 5.41) is 0.924. The van der Waals surface area contributed by atoms with Crippen molar-refractivity contribution in [3.8, 4) is 0 Å². The lowest BCUT2D eigenvalue weighted by Gasteiger charge is -2.10. The van der Waals surface area contributed by atoms with E-state index in [2.05, 4.69) is 21.5 Å². The Morgan fingerprint density at radius 2 is 1.83 bits per heavy atom. The standard InChI is InChI=1S/C7H8N4.C7H11NO.2C2H6/c1-4-2-9-7-5(4)6(8)10-3-11-7;1-2-7(9)8-5-3-4-6-8;2*1-2/h2-3H,1H3,(H3,8,9,10,11);2H,1,3-6H2;2*1-2H3. The van der Waals surface area contributed by atoms with Crippen LogP contribution in [0, 0.1) is 6.92 Å². The Morgan fingerprint density at radius 1 is 1.25 bits per heavy atom. The molecule has 0 unspecified atom stereocenters. The fraction of sp³-hybridized carbons (Fsp3) is 0.500. The van der Waals surface area contributed by atoms with Gasteiger partial charge in [0, 0.05) is 19.3 Å². The summed E-state index contributed by atoms with van der Waals surface area (Å²) < 4.78 is 0. The predicted octanol–water partition coefficient (Wildman–Crippen LogP) is 3.70. The molecule has 3 rings (SSSR count). The van der Waals surface area contributed by atoms with E-state index in [0.717, 1.165) is 42.5 Å². The molecular weight excluding hydrogens is 302 g/mol. The van der Waals surface area contributed by atoms with E-state index in [1.165, 1.54) is 12.4 Å². The molecule has 0 spiro atoms. The van der Waals surface area contributed by atoms with Gasteiger partial charge in [-0.05, 0) is 31.4 Å². The zero-order valence-electron chi connectivity index (χ0n) is 15.6. The number of anilines is 1. The Labute approximate surface area is 145 Å². The predicted molar refractivity (Wildman–Crippen MR) is 102 cm³/mol. The molecule has 24 heavy (non-hydrogen) atoms. The molecule has 0 atom stereocenters. The average molecular weight is 333 g/mol. The third-order valence-electron chi connectivity index (χ3n) is 3.29. The number of nitrogens with two attached hydrogens (primary N) is 1. The van der Waals surface area contributed by atoms with Crippen LogP contribution in [0.5, 0.6) is 0 Å². The van der Waals surface area contributed by atoms with Crippen molar-refractivity contribution >= 4 is 22.8 Å². The summed E-state index contributed by atoms with van der Waals surface area (Å²) >= 11 is 0.